The fourth-order valence-corrected chi connectivity index (χ4v) is 2.14. The standard InChI is InChI=1S/C16H14ClFN2O/c1-10(11-6-7-13(17)14(18)8-11)20-16-12(9-19)4-3-5-15(16)21-2/h3-8,10,20H,1-2H3. The summed E-state index contributed by atoms with van der Waals surface area (Å²) in [5.41, 5.74) is 1.78. The summed E-state index contributed by atoms with van der Waals surface area (Å²) in [6.45, 7) is 1.87. The van der Waals surface area contributed by atoms with Gasteiger partial charge < -0.3 is 10.1 Å². The SMILES string of the molecule is COc1cccc(C#N)c1NC(C)c1ccc(Cl)c(F)c1. The topological polar surface area (TPSA) is 45.0 Å². The van der Waals surface area contributed by atoms with E-state index in [1.807, 2.05) is 6.92 Å². The van der Waals surface area contributed by atoms with Crippen LogP contribution in [0.5, 0.6) is 5.75 Å². The van der Waals surface area contributed by atoms with E-state index in [9.17, 15) is 9.65 Å². The number of hydrogen-bond acceptors (Lipinski definition) is 3. The number of para-hydroxylation sites is 1. The van der Waals surface area contributed by atoms with E-state index in [1.165, 1.54) is 19.2 Å². The summed E-state index contributed by atoms with van der Waals surface area (Å²) in [5, 5.41) is 12.5. The molecule has 0 amide bonds. The molecule has 2 aromatic carbocycles. The Labute approximate surface area is 127 Å². The molecule has 108 valence electrons. The van der Waals surface area contributed by atoms with Crippen molar-refractivity contribution in [1.29, 1.82) is 5.26 Å². The second-order valence-corrected chi connectivity index (χ2v) is 4.94. The first-order valence-electron chi connectivity index (χ1n) is 6.35. The molecule has 0 aliphatic rings. The van der Waals surface area contributed by atoms with Crippen LogP contribution in [0.3, 0.4) is 0 Å². The van der Waals surface area contributed by atoms with Crippen LogP contribution < -0.4 is 10.1 Å². The largest absolute Gasteiger partial charge is 0.495 e. The number of nitriles is 1. The minimum Gasteiger partial charge on any atom is -0.495 e. The number of rotatable bonds is 4. The summed E-state index contributed by atoms with van der Waals surface area (Å²) in [4.78, 5) is 0. The molecule has 2 rings (SSSR count). The molecule has 0 aliphatic carbocycles. The molecule has 0 aliphatic heterocycles. The van der Waals surface area contributed by atoms with Gasteiger partial charge in [0.25, 0.3) is 0 Å². The highest BCUT2D eigenvalue weighted by Crippen LogP contribution is 2.32. The highest BCUT2D eigenvalue weighted by molar-refractivity contribution is 6.30. The predicted octanol–water partition coefficient (Wildman–Crippen LogP) is 4.53. The van der Waals surface area contributed by atoms with E-state index < -0.39 is 5.82 Å². The number of halogens is 2. The Hall–Kier alpha value is -2.25. The van der Waals surface area contributed by atoms with Crippen molar-refractivity contribution in [2.75, 3.05) is 12.4 Å². The van der Waals surface area contributed by atoms with Crippen molar-refractivity contribution >= 4 is 17.3 Å². The molecular formula is C16H14ClFN2O. The summed E-state index contributed by atoms with van der Waals surface area (Å²) < 4.78 is 18.8. The molecule has 1 N–H and O–H groups in total. The number of nitrogens with zero attached hydrogens (tertiary/aromatic N) is 1. The van der Waals surface area contributed by atoms with Crippen LogP contribution >= 0.6 is 11.6 Å². The van der Waals surface area contributed by atoms with Crippen molar-refractivity contribution in [3.63, 3.8) is 0 Å². The number of methoxy groups -OCH3 is 1. The molecule has 0 spiro atoms. The molecule has 0 aromatic heterocycles. The molecule has 0 saturated heterocycles. The van der Waals surface area contributed by atoms with Crippen LogP contribution in [-0.2, 0) is 0 Å². The Morgan fingerprint density at radius 1 is 1.33 bits per heavy atom. The first kappa shape index (κ1) is 15.1. The zero-order valence-electron chi connectivity index (χ0n) is 11.7. The van der Waals surface area contributed by atoms with Crippen LogP contribution in [0.4, 0.5) is 10.1 Å². The Balaban J connectivity index is 2.33. The lowest BCUT2D eigenvalue weighted by Crippen LogP contribution is -2.09. The summed E-state index contributed by atoms with van der Waals surface area (Å²) in [7, 11) is 1.54. The summed E-state index contributed by atoms with van der Waals surface area (Å²) in [6, 6.07) is 11.7. The van der Waals surface area contributed by atoms with E-state index in [0.717, 1.165) is 5.56 Å². The molecule has 0 heterocycles. The molecular weight excluding hydrogens is 291 g/mol. The maximum Gasteiger partial charge on any atom is 0.143 e. The van der Waals surface area contributed by atoms with E-state index >= 15 is 0 Å². The van der Waals surface area contributed by atoms with Gasteiger partial charge in [0.1, 0.15) is 17.6 Å². The lowest BCUT2D eigenvalue weighted by Gasteiger charge is -2.19. The van der Waals surface area contributed by atoms with Gasteiger partial charge in [-0.15, -0.1) is 0 Å². The van der Waals surface area contributed by atoms with Gasteiger partial charge in [0.2, 0.25) is 0 Å². The van der Waals surface area contributed by atoms with Crippen LogP contribution in [0.25, 0.3) is 0 Å². The van der Waals surface area contributed by atoms with Gasteiger partial charge in [0.15, 0.2) is 0 Å². The van der Waals surface area contributed by atoms with E-state index in [-0.39, 0.29) is 11.1 Å². The zero-order valence-corrected chi connectivity index (χ0v) is 12.4. The zero-order chi connectivity index (χ0) is 15.4. The Morgan fingerprint density at radius 2 is 2.10 bits per heavy atom. The van der Waals surface area contributed by atoms with Crippen molar-refractivity contribution in [2.24, 2.45) is 0 Å². The van der Waals surface area contributed by atoms with Crippen molar-refractivity contribution in [3.05, 3.63) is 58.4 Å². The third-order valence-electron chi connectivity index (χ3n) is 3.17. The van der Waals surface area contributed by atoms with Gasteiger partial charge in [-0.1, -0.05) is 23.7 Å². The Bertz CT molecular complexity index is 697. The van der Waals surface area contributed by atoms with E-state index in [2.05, 4.69) is 11.4 Å². The second-order valence-electron chi connectivity index (χ2n) is 4.53. The number of nitrogens with one attached hydrogen (secondary N) is 1. The van der Waals surface area contributed by atoms with Gasteiger partial charge in [-0.25, -0.2) is 4.39 Å². The fraction of sp³-hybridized carbons (Fsp3) is 0.188. The molecule has 21 heavy (non-hydrogen) atoms. The van der Waals surface area contributed by atoms with E-state index in [0.29, 0.717) is 17.0 Å². The molecule has 0 radical (unpaired) electrons. The Morgan fingerprint density at radius 3 is 2.71 bits per heavy atom. The lowest BCUT2D eigenvalue weighted by molar-refractivity contribution is 0.416. The number of hydrogen-bond donors (Lipinski definition) is 1. The van der Waals surface area contributed by atoms with Crippen LogP contribution in [0.15, 0.2) is 36.4 Å². The van der Waals surface area contributed by atoms with Gasteiger partial charge in [-0.05, 0) is 36.8 Å². The average molecular weight is 305 g/mol. The predicted molar refractivity (Wildman–Crippen MR) is 81.2 cm³/mol. The number of benzene rings is 2. The first-order valence-corrected chi connectivity index (χ1v) is 6.73. The summed E-state index contributed by atoms with van der Waals surface area (Å²) in [5.74, 6) is 0.0960. The van der Waals surface area contributed by atoms with Gasteiger partial charge in [-0.3, -0.25) is 0 Å². The molecule has 5 heteroatoms. The Kier molecular flexibility index (Phi) is 4.66. The summed E-state index contributed by atoms with van der Waals surface area (Å²) in [6.07, 6.45) is 0. The summed E-state index contributed by atoms with van der Waals surface area (Å²) >= 11 is 5.68. The van der Waals surface area contributed by atoms with Crippen LogP contribution in [0.2, 0.25) is 5.02 Å². The maximum atomic E-state index is 13.5. The van der Waals surface area contributed by atoms with Crippen LogP contribution in [0.1, 0.15) is 24.1 Å². The van der Waals surface area contributed by atoms with Gasteiger partial charge >= 0.3 is 0 Å². The number of anilines is 1. The van der Waals surface area contributed by atoms with Gasteiger partial charge in [0.05, 0.1) is 23.4 Å². The average Bonchev–Trinajstić information content (AvgIpc) is 2.50. The normalized spacial score (nSPS) is 11.6. The molecule has 0 bridgehead atoms. The molecule has 3 nitrogen and oxygen atoms in total. The first-order chi connectivity index (χ1) is 10.1. The second kappa shape index (κ2) is 6.47. The van der Waals surface area contributed by atoms with Gasteiger partial charge in [0, 0.05) is 6.04 Å². The fourth-order valence-electron chi connectivity index (χ4n) is 2.02. The van der Waals surface area contributed by atoms with Crippen molar-refractivity contribution in [2.45, 2.75) is 13.0 Å². The minimum absolute atomic E-state index is 0.0842. The monoisotopic (exact) mass is 304 g/mol. The smallest absolute Gasteiger partial charge is 0.143 e. The molecule has 1 unspecified atom stereocenters. The van der Waals surface area contributed by atoms with Gasteiger partial charge in [-0.2, -0.15) is 5.26 Å². The van der Waals surface area contributed by atoms with E-state index in [4.69, 9.17) is 16.3 Å². The highest BCUT2D eigenvalue weighted by Gasteiger charge is 2.14. The molecule has 0 saturated carbocycles. The molecule has 0 fully saturated rings. The van der Waals surface area contributed by atoms with Crippen molar-refractivity contribution < 1.29 is 9.13 Å². The van der Waals surface area contributed by atoms with Crippen molar-refractivity contribution in [1.82, 2.24) is 0 Å². The van der Waals surface area contributed by atoms with Crippen molar-refractivity contribution in [3.8, 4) is 11.8 Å². The third-order valence-corrected chi connectivity index (χ3v) is 3.48. The minimum atomic E-state index is -0.469. The maximum absolute atomic E-state index is 13.5. The number of ether oxygens (including phenoxy) is 1. The van der Waals surface area contributed by atoms with E-state index in [1.54, 1.807) is 24.3 Å². The van der Waals surface area contributed by atoms with Crippen LogP contribution in [0, 0.1) is 17.1 Å². The molecule has 2 aromatic rings. The third kappa shape index (κ3) is 3.26. The highest BCUT2D eigenvalue weighted by atomic mass is 35.5. The van der Waals surface area contributed by atoms with Crippen LogP contribution in [-0.4, -0.2) is 7.11 Å². The molecule has 1 atom stereocenters. The quantitative estimate of drug-likeness (QED) is 0.902. The lowest BCUT2D eigenvalue weighted by atomic mass is 10.1.